The third-order valence-electron chi connectivity index (χ3n) is 6.69. The number of nitrogens with zero attached hydrogens (tertiary/aromatic N) is 1. The molecule has 1 aliphatic heterocycles. The molecule has 1 fully saturated rings. The topological polar surface area (TPSA) is 3.24 Å². The molecule has 0 bridgehead atoms. The molecule has 116 valence electrons. The van der Waals surface area contributed by atoms with Crippen molar-refractivity contribution in [3.8, 4) is 0 Å². The molecule has 1 aromatic carbocycles. The number of para-hydroxylation sites is 1. The van der Waals surface area contributed by atoms with Crippen LogP contribution in [0.4, 0.5) is 5.69 Å². The first-order valence-corrected chi connectivity index (χ1v) is 11.5. The van der Waals surface area contributed by atoms with Crippen molar-refractivity contribution in [3.05, 3.63) is 29.8 Å². The average Bonchev–Trinajstić information content (AvgIpc) is 2.67. The molecule has 0 spiro atoms. The second-order valence-electron chi connectivity index (χ2n) is 8.88. The first kappa shape index (κ1) is 15.1. The van der Waals surface area contributed by atoms with E-state index in [4.69, 9.17) is 0 Å². The molecule has 0 radical (unpaired) electrons. The summed E-state index contributed by atoms with van der Waals surface area (Å²) in [6.45, 7) is 15.0. The lowest BCUT2D eigenvalue weighted by molar-refractivity contribution is 0.291. The Labute approximate surface area is 131 Å². The molecule has 0 saturated heterocycles. The second kappa shape index (κ2) is 4.61. The fourth-order valence-electron chi connectivity index (χ4n) is 4.43. The van der Waals surface area contributed by atoms with E-state index >= 15 is 0 Å². The minimum Gasteiger partial charge on any atom is -0.393 e. The molecule has 0 aromatic heterocycles. The Balaban J connectivity index is 2.17. The highest BCUT2D eigenvalue weighted by Gasteiger charge is 2.55. The van der Waals surface area contributed by atoms with Gasteiger partial charge in [-0.3, -0.25) is 0 Å². The molecule has 0 amide bonds. The van der Waals surface area contributed by atoms with Gasteiger partial charge in [0.15, 0.2) is 8.24 Å². The summed E-state index contributed by atoms with van der Waals surface area (Å²) < 4.78 is 2.92. The van der Waals surface area contributed by atoms with Gasteiger partial charge >= 0.3 is 0 Å². The maximum Gasteiger partial charge on any atom is 0.156 e. The number of hydrogen-bond acceptors (Lipinski definition) is 1. The van der Waals surface area contributed by atoms with E-state index in [1.807, 2.05) is 0 Å². The smallest absolute Gasteiger partial charge is 0.156 e. The van der Waals surface area contributed by atoms with Gasteiger partial charge in [0.2, 0.25) is 0 Å². The Morgan fingerprint density at radius 3 is 2.48 bits per heavy atom. The predicted octanol–water partition coefficient (Wildman–Crippen LogP) is 5.71. The largest absolute Gasteiger partial charge is 0.393 e. The van der Waals surface area contributed by atoms with Crippen molar-refractivity contribution in [1.29, 1.82) is 0 Å². The van der Waals surface area contributed by atoms with Gasteiger partial charge in [0, 0.05) is 17.1 Å². The quantitative estimate of drug-likeness (QED) is 0.600. The van der Waals surface area contributed by atoms with E-state index in [-0.39, 0.29) is 0 Å². The Morgan fingerprint density at radius 1 is 1.14 bits per heavy atom. The highest BCUT2D eigenvalue weighted by Crippen LogP contribution is 2.56. The van der Waals surface area contributed by atoms with E-state index < -0.39 is 8.24 Å². The van der Waals surface area contributed by atoms with Crippen LogP contribution in [0.3, 0.4) is 0 Å². The maximum atomic E-state index is 2.92. The van der Waals surface area contributed by atoms with Crippen molar-refractivity contribution in [3.63, 3.8) is 0 Å². The number of hydrogen-bond donors (Lipinski definition) is 0. The van der Waals surface area contributed by atoms with Crippen molar-refractivity contribution in [2.24, 2.45) is 0 Å². The van der Waals surface area contributed by atoms with Gasteiger partial charge in [-0.1, -0.05) is 71.8 Å². The molecule has 3 rings (SSSR count). The zero-order valence-corrected chi connectivity index (χ0v) is 15.7. The van der Waals surface area contributed by atoms with Crippen molar-refractivity contribution < 1.29 is 0 Å². The monoisotopic (exact) mass is 301 g/mol. The molecule has 2 aliphatic rings. The van der Waals surface area contributed by atoms with Crippen molar-refractivity contribution in [2.75, 3.05) is 4.57 Å². The number of fused-ring (bicyclic) bond motifs is 3. The van der Waals surface area contributed by atoms with Crippen LogP contribution in [0, 0.1) is 0 Å². The number of anilines is 1. The van der Waals surface area contributed by atoms with Crippen LogP contribution in [0.15, 0.2) is 24.3 Å². The Kier molecular flexibility index (Phi) is 3.33. The highest BCUT2D eigenvalue weighted by atomic mass is 28.3. The van der Waals surface area contributed by atoms with Gasteiger partial charge in [0.25, 0.3) is 0 Å². The molecule has 1 aliphatic carbocycles. The molecule has 1 heterocycles. The van der Waals surface area contributed by atoms with E-state index in [2.05, 4.69) is 69.6 Å². The van der Waals surface area contributed by atoms with Gasteiger partial charge in [-0.2, -0.15) is 0 Å². The lowest BCUT2D eigenvalue weighted by Crippen LogP contribution is -2.61. The summed E-state index contributed by atoms with van der Waals surface area (Å²) in [6.07, 6.45) is 5.53. The fourth-order valence-corrected chi connectivity index (χ4v) is 7.14. The van der Waals surface area contributed by atoms with E-state index in [1.165, 1.54) is 25.7 Å². The van der Waals surface area contributed by atoms with Crippen LogP contribution in [-0.4, -0.2) is 14.3 Å². The van der Waals surface area contributed by atoms with Gasteiger partial charge < -0.3 is 4.57 Å². The molecular formula is C19H31NSi. The van der Waals surface area contributed by atoms with Crippen LogP contribution in [0.1, 0.15) is 58.9 Å². The Hall–Kier alpha value is -0.763. The summed E-state index contributed by atoms with van der Waals surface area (Å²) >= 11 is 0. The average molecular weight is 302 g/mol. The van der Waals surface area contributed by atoms with E-state index in [1.54, 1.807) is 11.3 Å². The first-order chi connectivity index (χ1) is 9.69. The van der Waals surface area contributed by atoms with E-state index in [9.17, 15) is 0 Å². The third-order valence-corrected chi connectivity index (χ3v) is 12.1. The molecule has 1 nitrogen and oxygen atoms in total. The predicted molar refractivity (Wildman–Crippen MR) is 95.7 cm³/mol. The molecule has 2 atom stereocenters. The summed E-state index contributed by atoms with van der Waals surface area (Å²) in [4.78, 5) is 0. The summed E-state index contributed by atoms with van der Waals surface area (Å²) in [5.74, 6) is 0. The van der Waals surface area contributed by atoms with Crippen molar-refractivity contribution in [2.45, 2.75) is 83.0 Å². The minimum absolute atomic E-state index is 0.379. The van der Waals surface area contributed by atoms with E-state index in [0.29, 0.717) is 10.5 Å². The lowest BCUT2D eigenvalue weighted by atomic mass is 9.70. The first-order valence-electron chi connectivity index (χ1n) is 8.58. The normalized spacial score (nSPS) is 29.2. The second-order valence-corrected chi connectivity index (χ2v) is 14.0. The van der Waals surface area contributed by atoms with Gasteiger partial charge in [-0.25, -0.2) is 0 Å². The zero-order valence-electron chi connectivity index (χ0n) is 14.7. The summed E-state index contributed by atoms with van der Waals surface area (Å²) in [7, 11) is -1.54. The SMILES string of the molecule is CC(C)(C)[Si](C)(C)N1c2ccccc2[C@]2(C)CCCCC12. The number of benzene rings is 1. The minimum atomic E-state index is -1.54. The molecule has 1 aromatic rings. The highest BCUT2D eigenvalue weighted by molar-refractivity contribution is 6.83. The molecule has 1 saturated carbocycles. The molecule has 21 heavy (non-hydrogen) atoms. The zero-order chi connectivity index (χ0) is 15.5. The van der Waals surface area contributed by atoms with Crippen molar-refractivity contribution >= 4 is 13.9 Å². The van der Waals surface area contributed by atoms with Gasteiger partial charge in [-0.15, -0.1) is 0 Å². The lowest BCUT2D eigenvalue weighted by Gasteiger charge is -2.52. The Bertz CT molecular complexity index is 543. The van der Waals surface area contributed by atoms with Crippen LogP contribution < -0.4 is 4.57 Å². The summed E-state index contributed by atoms with van der Waals surface area (Å²) in [5, 5.41) is 0.392. The summed E-state index contributed by atoms with van der Waals surface area (Å²) in [6, 6.07) is 10.00. The van der Waals surface area contributed by atoms with Gasteiger partial charge in [0.1, 0.15) is 0 Å². The molecular weight excluding hydrogens is 270 g/mol. The van der Waals surface area contributed by atoms with Crippen LogP contribution >= 0.6 is 0 Å². The standard InChI is InChI=1S/C19H31NSi/c1-18(2,3)21(5,6)20-16-12-8-7-11-15(16)19(4)14-10-9-13-17(19)20/h7-8,11-12,17H,9-10,13-14H2,1-6H3/t17?,19-/m0/s1. The van der Waals surface area contributed by atoms with Crippen LogP contribution in [0.5, 0.6) is 0 Å². The molecule has 1 unspecified atom stereocenters. The summed E-state index contributed by atoms with van der Waals surface area (Å²) in [5.41, 5.74) is 3.56. The molecule has 0 N–H and O–H groups in total. The van der Waals surface area contributed by atoms with Gasteiger partial charge in [-0.05, 0) is 29.5 Å². The maximum absolute atomic E-state index is 2.92. The Morgan fingerprint density at radius 2 is 1.81 bits per heavy atom. The van der Waals surface area contributed by atoms with Crippen LogP contribution in [0.2, 0.25) is 18.1 Å². The third kappa shape index (κ3) is 2.02. The van der Waals surface area contributed by atoms with E-state index in [0.717, 1.165) is 6.04 Å². The fraction of sp³-hybridized carbons (Fsp3) is 0.684. The van der Waals surface area contributed by atoms with Crippen LogP contribution in [-0.2, 0) is 5.41 Å². The number of rotatable bonds is 1. The van der Waals surface area contributed by atoms with Gasteiger partial charge in [0.05, 0.1) is 0 Å². The van der Waals surface area contributed by atoms with Crippen LogP contribution in [0.25, 0.3) is 0 Å². The van der Waals surface area contributed by atoms with Crippen molar-refractivity contribution in [1.82, 2.24) is 0 Å². The molecule has 2 heteroatoms.